The van der Waals surface area contributed by atoms with Gasteiger partial charge in [-0.05, 0) is 31.6 Å². The molecule has 1 heterocycles. The third kappa shape index (κ3) is 2.76. The molecule has 0 radical (unpaired) electrons. The van der Waals surface area contributed by atoms with Crippen molar-refractivity contribution in [1.29, 1.82) is 0 Å². The Labute approximate surface area is 102 Å². The van der Waals surface area contributed by atoms with Gasteiger partial charge in [0.2, 0.25) is 5.89 Å². The summed E-state index contributed by atoms with van der Waals surface area (Å²) in [5.41, 5.74) is 0. The molecule has 1 aromatic heterocycles. The molecule has 16 heavy (non-hydrogen) atoms. The van der Waals surface area contributed by atoms with Gasteiger partial charge in [-0.15, -0.1) is 11.6 Å². The highest BCUT2D eigenvalue weighted by molar-refractivity contribution is 6.16. The van der Waals surface area contributed by atoms with E-state index in [9.17, 15) is 0 Å². The molecule has 1 aliphatic carbocycles. The van der Waals surface area contributed by atoms with Crippen LogP contribution in [0.3, 0.4) is 0 Å². The zero-order valence-corrected chi connectivity index (χ0v) is 10.5. The maximum atomic E-state index is 5.65. The molecule has 0 atom stereocenters. The molecule has 0 amide bonds. The standard InChI is InChI=1S/C12H19ClN2O/c1-2-3-9-4-6-10(7-5-9)12-14-11(8-13)16-15-12/h9-10H,2-8H2,1H3. The Morgan fingerprint density at radius 2 is 2.06 bits per heavy atom. The molecule has 1 fully saturated rings. The van der Waals surface area contributed by atoms with Crippen molar-refractivity contribution in [2.75, 3.05) is 0 Å². The molecular formula is C12H19ClN2O. The lowest BCUT2D eigenvalue weighted by molar-refractivity contribution is 0.295. The van der Waals surface area contributed by atoms with Crippen LogP contribution in [0, 0.1) is 5.92 Å². The lowest BCUT2D eigenvalue weighted by Gasteiger charge is -2.26. The molecule has 0 saturated heterocycles. The number of halogens is 1. The number of aromatic nitrogens is 2. The molecule has 1 saturated carbocycles. The van der Waals surface area contributed by atoms with E-state index in [4.69, 9.17) is 16.1 Å². The van der Waals surface area contributed by atoms with Crippen LogP contribution >= 0.6 is 11.6 Å². The fourth-order valence-corrected chi connectivity index (χ4v) is 2.71. The molecule has 0 unspecified atom stereocenters. The fourth-order valence-electron chi connectivity index (χ4n) is 2.61. The smallest absolute Gasteiger partial charge is 0.241 e. The quantitative estimate of drug-likeness (QED) is 0.752. The molecule has 0 bridgehead atoms. The minimum absolute atomic E-state index is 0.318. The summed E-state index contributed by atoms with van der Waals surface area (Å²) in [6.07, 6.45) is 7.68. The van der Waals surface area contributed by atoms with Crippen molar-refractivity contribution in [3.63, 3.8) is 0 Å². The first-order chi connectivity index (χ1) is 7.83. The van der Waals surface area contributed by atoms with Gasteiger partial charge in [-0.2, -0.15) is 4.98 Å². The van der Waals surface area contributed by atoms with Gasteiger partial charge in [0.25, 0.3) is 0 Å². The van der Waals surface area contributed by atoms with E-state index in [0.29, 0.717) is 17.7 Å². The highest BCUT2D eigenvalue weighted by Gasteiger charge is 2.25. The van der Waals surface area contributed by atoms with E-state index in [0.717, 1.165) is 11.7 Å². The van der Waals surface area contributed by atoms with Crippen molar-refractivity contribution in [2.24, 2.45) is 5.92 Å². The molecule has 3 nitrogen and oxygen atoms in total. The van der Waals surface area contributed by atoms with E-state index < -0.39 is 0 Å². The molecule has 90 valence electrons. The molecule has 2 rings (SSSR count). The fraction of sp³-hybridized carbons (Fsp3) is 0.833. The van der Waals surface area contributed by atoms with Gasteiger partial charge in [0.05, 0.1) is 0 Å². The zero-order chi connectivity index (χ0) is 11.4. The first-order valence-corrected chi connectivity index (χ1v) is 6.75. The number of alkyl halides is 1. The lowest BCUT2D eigenvalue weighted by Crippen LogP contribution is -2.14. The van der Waals surface area contributed by atoms with Crippen molar-refractivity contribution in [1.82, 2.24) is 10.1 Å². The predicted octanol–water partition coefficient (Wildman–Crippen LogP) is 3.88. The summed E-state index contributed by atoms with van der Waals surface area (Å²) in [6.45, 7) is 2.26. The summed E-state index contributed by atoms with van der Waals surface area (Å²) in [7, 11) is 0. The van der Waals surface area contributed by atoms with Gasteiger partial charge in [0.1, 0.15) is 5.88 Å². The maximum absolute atomic E-state index is 5.65. The van der Waals surface area contributed by atoms with Crippen LogP contribution in [0.1, 0.15) is 63.1 Å². The molecule has 0 N–H and O–H groups in total. The van der Waals surface area contributed by atoms with Gasteiger partial charge in [-0.1, -0.05) is 24.9 Å². The van der Waals surface area contributed by atoms with Crippen molar-refractivity contribution in [3.8, 4) is 0 Å². The van der Waals surface area contributed by atoms with E-state index in [-0.39, 0.29) is 0 Å². The molecule has 0 spiro atoms. The van der Waals surface area contributed by atoms with Gasteiger partial charge < -0.3 is 4.52 Å². The van der Waals surface area contributed by atoms with Gasteiger partial charge in [-0.3, -0.25) is 0 Å². The highest BCUT2D eigenvalue weighted by atomic mass is 35.5. The van der Waals surface area contributed by atoms with Gasteiger partial charge >= 0.3 is 0 Å². The summed E-state index contributed by atoms with van der Waals surface area (Å²) in [5.74, 6) is 3.14. The van der Waals surface area contributed by atoms with E-state index in [2.05, 4.69) is 17.1 Å². The van der Waals surface area contributed by atoms with Crippen LogP contribution in [0.2, 0.25) is 0 Å². The van der Waals surface area contributed by atoms with Crippen molar-refractivity contribution < 1.29 is 4.52 Å². The third-order valence-electron chi connectivity index (χ3n) is 3.51. The number of hydrogen-bond acceptors (Lipinski definition) is 3. The summed E-state index contributed by atoms with van der Waals surface area (Å²) in [5, 5.41) is 4.01. The maximum Gasteiger partial charge on any atom is 0.241 e. The van der Waals surface area contributed by atoms with Crippen LogP contribution < -0.4 is 0 Å². The molecule has 1 aromatic rings. The van der Waals surface area contributed by atoms with Crippen molar-refractivity contribution >= 4 is 11.6 Å². The normalized spacial score (nSPS) is 25.9. The number of rotatable bonds is 4. The van der Waals surface area contributed by atoms with E-state index in [1.54, 1.807) is 0 Å². The summed E-state index contributed by atoms with van der Waals surface area (Å²) in [6, 6.07) is 0. The van der Waals surface area contributed by atoms with Crippen LogP contribution in [-0.4, -0.2) is 10.1 Å². The Hall–Kier alpha value is -0.570. The average Bonchev–Trinajstić information content (AvgIpc) is 2.79. The van der Waals surface area contributed by atoms with Crippen LogP contribution in [0.25, 0.3) is 0 Å². The summed E-state index contributed by atoms with van der Waals surface area (Å²) >= 11 is 5.65. The van der Waals surface area contributed by atoms with Gasteiger partial charge in [-0.25, -0.2) is 0 Å². The lowest BCUT2D eigenvalue weighted by atomic mass is 9.80. The summed E-state index contributed by atoms with van der Waals surface area (Å²) < 4.78 is 5.05. The van der Waals surface area contributed by atoms with Gasteiger partial charge in [0.15, 0.2) is 5.82 Å². The molecule has 1 aliphatic rings. The first-order valence-electron chi connectivity index (χ1n) is 6.22. The first kappa shape index (κ1) is 11.9. The SMILES string of the molecule is CCCC1CCC(c2noc(CCl)n2)CC1. The van der Waals surface area contributed by atoms with Gasteiger partial charge in [0, 0.05) is 5.92 Å². The minimum Gasteiger partial charge on any atom is -0.338 e. The Morgan fingerprint density at radius 3 is 2.62 bits per heavy atom. The Morgan fingerprint density at radius 1 is 1.31 bits per heavy atom. The van der Waals surface area contributed by atoms with E-state index in [1.807, 2.05) is 0 Å². The Bertz CT molecular complexity index is 319. The minimum atomic E-state index is 0.318. The van der Waals surface area contributed by atoms with Crippen LogP contribution in [-0.2, 0) is 5.88 Å². The Kier molecular flexibility index (Phi) is 4.22. The average molecular weight is 243 g/mol. The second kappa shape index (κ2) is 5.67. The topological polar surface area (TPSA) is 38.9 Å². The zero-order valence-electron chi connectivity index (χ0n) is 9.79. The second-order valence-electron chi connectivity index (χ2n) is 4.69. The molecule has 0 aliphatic heterocycles. The predicted molar refractivity (Wildman–Crippen MR) is 63.5 cm³/mol. The van der Waals surface area contributed by atoms with Crippen LogP contribution in [0.5, 0.6) is 0 Å². The van der Waals surface area contributed by atoms with Crippen molar-refractivity contribution in [2.45, 2.75) is 57.2 Å². The molecular weight excluding hydrogens is 224 g/mol. The third-order valence-corrected chi connectivity index (χ3v) is 3.74. The Balaban J connectivity index is 1.88. The monoisotopic (exact) mass is 242 g/mol. The summed E-state index contributed by atoms with van der Waals surface area (Å²) in [4.78, 5) is 4.31. The highest BCUT2D eigenvalue weighted by Crippen LogP contribution is 2.36. The van der Waals surface area contributed by atoms with Crippen molar-refractivity contribution in [3.05, 3.63) is 11.7 Å². The van der Waals surface area contributed by atoms with E-state index in [1.165, 1.54) is 38.5 Å². The molecule has 0 aromatic carbocycles. The second-order valence-corrected chi connectivity index (χ2v) is 4.95. The van der Waals surface area contributed by atoms with E-state index >= 15 is 0 Å². The molecule has 4 heteroatoms. The largest absolute Gasteiger partial charge is 0.338 e. The number of hydrogen-bond donors (Lipinski definition) is 0. The van der Waals surface area contributed by atoms with Crippen LogP contribution in [0.4, 0.5) is 0 Å². The number of nitrogens with zero attached hydrogens (tertiary/aromatic N) is 2. The van der Waals surface area contributed by atoms with Crippen LogP contribution in [0.15, 0.2) is 4.52 Å².